The van der Waals surface area contributed by atoms with Crippen LogP contribution in [0, 0.1) is 5.82 Å². The van der Waals surface area contributed by atoms with Gasteiger partial charge >= 0.3 is 0 Å². The summed E-state index contributed by atoms with van der Waals surface area (Å²) in [5, 5.41) is 17.7. The van der Waals surface area contributed by atoms with Crippen LogP contribution in [0.1, 0.15) is 25.7 Å². The van der Waals surface area contributed by atoms with E-state index in [1.54, 1.807) is 18.5 Å². The van der Waals surface area contributed by atoms with Gasteiger partial charge in [-0.1, -0.05) is 12.8 Å². The first kappa shape index (κ1) is 24.3. The fraction of sp³-hybridized carbons (Fsp3) is 0.522. The molecule has 0 radical (unpaired) electrons. The topological polar surface area (TPSA) is 118 Å². The Balaban J connectivity index is 1.66. The highest BCUT2D eigenvalue weighted by molar-refractivity contribution is 5.86. The number of nitrogens with one attached hydrogen (secondary N) is 1. The number of halogens is 1. The number of unbranched alkanes of at least 4 members (excludes halogenated alkanes) is 3. The lowest BCUT2D eigenvalue weighted by molar-refractivity contribution is 0.122. The highest BCUT2D eigenvalue weighted by atomic mass is 19.1. The predicted octanol–water partition coefficient (Wildman–Crippen LogP) is 2.38. The molecule has 3 N–H and O–H groups in total. The molecule has 4 rings (SSSR count). The van der Waals surface area contributed by atoms with Crippen molar-refractivity contribution >= 4 is 17.0 Å². The molecule has 0 saturated carbocycles. The highest BCUT2D eigenvalue weighted by Gasteiger charge is 2.21. The number of ether oxygens (including phenoxy) is 2. The van der Waals surface area contributed by atoms with Crippen molar-refractivity contribution in [1.82, 2.24) is 25.0 Å². The Bertz CT molecular complexity index is 1070. The van der Waals surface area contributed by atoms with Crippen molar-refractivity contribution in [2.24, 2.45) is 0 Å². The number of benzene rings is 1. The average Bonchev–Trinajstić information content (AvgIpc) is 3.28. The van der Waals surface area contributed by atoms with E-state index in [1.165, 1.54) is 6.07 Å². The van der Waals surface area contributed by atoms with Crippen LogP contribution in [0.5, 0.6) is 5.75 Å². The van der Waals surface area contributed by atoms with E-state index in [-0.39, 0.29) is 19.0 Å². The number of hydrogen-bond acceptors (Lipinski definition) is 9. The Morgan fingerprint density at radius 1 is 1.12 bits per heavy atom. The van der Waals surface area contributed by atoms with Crippen LogP contribution in [0.25, 0.3) is 22.6 Å². The van der Waals surface area contributed by atoms with Gasteiger partial charge in [-0.25, -0.2) is 24.8 Å². The van der Waals surface area contributed by atoms with Gasteiger partial charge in [-0.3, -0.25) is 0 Å². The molecular weight excluding hydrogens is 443 g/mol. The molecule has 2 aromatic heterocycles. The molecular formula is C23H31FN6O4. The summed E-state index contributed by atoms with van der Waals surface area (Å²) in [6, 6.07) is 4.51. The summed E-state index contributed by atoms with van der Waals surface area (Å²) < 4.78 is 27.1. The summed E-state index contributed by atoms with van der Waals surface area (Å²) in [5.41, 5.74) is 4.26. The number of nitrogens with zero attached hydrogens (tertiary/aromatic N) is 5. The predicted molar refractivity (Wildman–Crippen MR) is 125 cm³/mol. The van der Waals surface area contributed by atoms with Crippen molar-refractivity contribution in [3.05, 3.63) is 30.3 Å². The lowest BCUT2D eigenvalue weighted by atomic mass is 10.2. The van der Waals surface area contributed by atoms with Crippen LogP contribution in [0.15, 0.2) is 24.5 Å². The maximum atomic E-state index is 14.2. The van der Waals surface area contributed by atoms with Crippen LogP contribution in [0.3, 0.4) is 0 Å². The van der Waals surface area contributed by atoms with Crippen molar-refractivity contribution in [3.63, 3.8) is 0 Å². The fourth-order valence-corrected chi connectivity index (χ4v) is 3.97. The van der Waals surface area contributed by atoms with Gasteiger partial charge in [0, 0.05) is 31.7 Å². The molecule has 34 heavy (non-hydrogen) atoms. The number of aryl methyl sites for hydroxylation is 1. The molecule has 0 amide bonds. The van der Waals surface area contributed by atoms with Gasteiger partial charge in [0.05, 0.1) is 26.1 Å². The van der Waals surface area contributed by atoms with Gasteiger partial charge in [-0.15, -0.1) is 0 Å². The molecule has 11 heteroatoms. The van der Waals surface area contributed by atoms with Crippen molar-refractivity contribution in [2.75, 3.05) is 51.0 Å². The first-order valence-electron chi connectivity index (χ1n) is 11.7. The van der Waals surface area contributed by atoms with E-state index in [2.05, 4.69) is 15.4 Å². The van der Waals surface area contributed by atoms with Crippen molar-refractivity contribution < 1.29 is 24.2 Å². The maximum absolute atomic E-state index is 14.2. The number of hydroxylamine groups is 1. The van der Waals surface area contributed by atoms with Gasteiger partial charge in [-0.2, -0.15) is 0 Å². The number of hydrogen-bond donors (Lipinski definition) is 3. The Hall–Kier alpha value is -2.86. The summed E-state index contributed by atoms with van der Waals surface area (Å²) >= 11 is 0. The van der Waals surface area contributed by atoms with Crippen LogP contribution in [0.2, 0.25) is 0 Å². The second-order valence-electron chi connectivity index (χ2n) is 8.12. The number of aliphatic hydroxyl groups is 1. The third-order valence-corrected chi connectivity index (χ3v) is 5.73. The summed E-state index contributed by atoms with van der Waals surface area (Å²) in [4.78, 5) is 16.4. The Morgan fingerprint density at radius 2 is 1.94 bits per heavy atom. The number of anilines is 1. The van der Waals surface area contributed by atoms with Crippen LogP contribution in [0.4, 0.5) is 10.2 Å². The monoisotopic (exact) mass is 474 g/mol. The number of rotatable bonds is 12. The summed E-state index contributed by atoms with van der Waals surface area (Å²) in [6.07, 6.45) is 5.71. The number of fused-ring (bicyclic) bond motifs is 1. The summed E-state index contributed by atoms with van der Waals surface area (Å²) in [5.74, 6) is 0.735. The van der Waals surface area contributed by atoms with E-state index >= 15 is 0 Å². The van der Waals surface area contributed by atoms with Gasteiger partial charge in [0.1, 0.15) is 6.61 Å². The van der Waals surface area contributed by atoms with E-state index < -0.39 is 5.82 Å². The summed E-state index contributed by atoms with van der Waals surface area (Å²) in [7, 11) is 0. The zero-order valence-electron chi connectivity index (χ0n) is 19.1. The van der Waals surface area contributed by atoms with Gasteiger partial charge in [-0.05, 0) is 31.0 Å². The molecule has 1 aliphatic rings. The van der Waals surface area contributed by atoms with Crippen LogP contribution in [-0.2, 0) is 11.3 Å². The maximum Gasteiger partial charge on any atom is 0.166 e. The molecule has 1 aromatic carbocycles. The van der Waals surface area contributed by atoms with E-state index in [9.17, 15) is 4.39 Å². The standard InChI is InChI=1S/C23H31FN6O4/c24-18-6-5-17(15-19(18)34-14-11-31)21-27-22(29-9-12-33-13-10-29)20-23(28-21)30(16-25-20)8-4-2-1-3-7-26-32/h5-6,15-16,26,31-32H,1-4,7-14H2. The zero-order chi connectivity index (χ0) is 23.8. The molecule has 0 atom stereocenters. The molecule has 1 aliphatic heterocycles. The second-order valence-corrected chi connectivity index (χ2v) is 8.12. The molecule has 0 bridgehead atoms. The van der Waals surface area contributed by atoms with E-state index in [0.29, 0.717) is 44.2 Å². The first-order chi connectivity index (χ1) is 16.7. The number of aromatic nitrogens is 4. The summed E-state index contributed by atoms with van der Waals surface area (Å²) in [6.45, 7) is 3.77. The second kappa shape index (κ2) is 12.0. The molecule has 10 nitrogen and oxygen atoms in total. The van der Waals surface area contributed by atoms with Gasteiger partial charge in [0.25, 0.3) is 0 Å². The van der Waals surface area contributed by atoms with E-state index in [0.717, 1.165) is 49.2 Å². The van der Waals surface area contributed by atoms with Crippen molar-refractivity contribution in [1.29, 1.82) is 0 Å². The molecule has 184 valence electrons. The zero-order valence-corrected chi connectivity index (χ0v) is 19.1. The van der Waals surface area contributed by atoms with Gasteiger partial charge in [0.2, 0.25) is 0 Å². The van der Waals surface area contributed by atoms with Crippen molar-refractivity contribution in [2.45, 2.75) is 32.2 Å². The highest BCUT2D eigenvalue weighted by Crippen LogP contribution is 2.30. The molecule has 0 unspecified atom stereocenters. The van der Waals surface area contributed by atoms with Gasteiger partial charge in [0.15, 0.2) is 34.4 Å². The van der Waals surface area contributed by atoms with Crippen molar-refractivity contribution in [3.8, 4) is 17.1 Å². The lowest BCUT2D eigenvalue weighted by Crippen LogP contribution is -2.37. The first-order valence-corrected chi connectivity index (χ1v) is 11.7. The van der Waals surface area contributed by atoms with Crippen LogP contribution in [-0.4, -0.2) is 75.9 Å². The van der Waals surface area contributed by atoms with Crippen LogP contribution < -0.4 is 15.1 Å². The van der Waals surface area contributed by atoms with E-state index in [1.807, 2.05) is 4.57 Å². The Labute approximate surface area is 197 Å². The lowest BCUT2D eigenvalue weighted by Gasteiger charge is -2.28. The molecule has 1 saturated heterocycles. The fourth-order valence-electron chi connectivity index (χ4n) is 3.97. The minimum atomic E-state index is -0.506. The molecule has 1 fully saturated rings. The SMILES string of the molecule is OCCOc1cc(-c2nc(N3CCOCC3)c3ncn(CCCCCCNO)c3n2)ccc1F. The van der Waals surface area contributed by atoms with Gasteiger partial charge < -0.3 is 29.3 Å². The molecule has 3 heterocycles. The minimum absolute atomic E-state index is 0.000427. The Morgan fingerprint density at radius 3 is 2.74 bits per heavy atom. The smallest absolute Gasteiger partial charge is 0.166 e. The Kier molecular flexibility index (Phi) is 8.58. The average molecular weight is 475 g/mol. The number of imidazole rings is 1. The third-order valence-electron chi connectivity index (χ3n) is 5.73. The quantitative estimate of drug-likeness (QED) is 0.269. The third kappa shape index (κ3) is 5.79. The van der Waals surface area contributed by atoms with Crippen LogP contribution >= 0.6 is 0 Å². The minimum Gasteiger partial charge on any atom is -0.488 e. The normalized spacial score (nSPS) is 14.1. The molecule has 3 aromatic rings. The number of morpholine rings is 1. The molecule has 0 aliphatic carbocycles. The largest absolute Gasteiger partial charge is 0.488 e. The van der Waals surface area contributed by atoms with E-state index in [4.69, 9.17) is 29.8 Å². The molecule has 0 spiro atoms. The number of aliphatic hydroxyl groups excluding tert-OH is 1.